The molecule has 0 saturated heterocycles. The molecule has 3 heteroatoms. The molecule has 0 aliphatic carbocycles. The Kier molecular flexibility index (Phi) is 4.86. The van der Waals surface area contributed by atoms with Crippen molar-refractivity contribution in [3.8, 4) is 0 Å². The van der Waals surface area contributed by atoms with Gasteiger partial charge in [0.25, 0.3) is 0 Å². The van der Waals surface area contributed by atoms with Crippen molar-refractivity contribution in [2.45, 2.75) is 51.6 Å². The van der Waals surface area contributed by atoms with Gasteiger partial charge in [-0.1, -0.05) is 12.1 Å². The van der Waals surface area contributed by atoms with E-state index in [0.29, 0.717) is 12.8 Å². The van der Waals surface area contributed by atoms with Gasteiger partial charge in [-0.05, 0) is 51.8 Å². The van der Waals surface area contributed by atoms with Gasteiger partial charge in [0.15, 0.2) is 0 Å². The lowest BCUT2D eigenvalue weighted by molar-refractivity contribution is -0.124. The molecule has 0 fully saturated rings. The van der Waals surface area contributed by atoms with E-state index in [1.54, 1.807) is 19.2 Å². The molecule has 106 valence electrons. The second-order valence-corrected chi connectivity index (χ2v) is 6.02. The van der Waals surface area contributed by atoms with Gasteiger partial charge in [-0.3, -0.25) is 4.79 Å². The normalized spacial score (nSPS) is 12.5. The van der Waals surface area contributed by atoms with E-state index in [4.69, 9.17) is 4.74 Å². The van der Waals surface area contributed by atoms with Crippen LogP contribution in [0, 0.1) is 5.82 Å². The van der Waals surface area contributed by atoms with E-state index in [9.17, 15) is 9.18 Å². The Bertz CT molecular complexity index is 433. The van der Waals surface area contributed by atoms with Crippen LogP contribution in [0.3, 0.4) is 0 Å². The van der Waals surface area contributed by atoms with Crippen LogP contribution in [0.15, 0.2) is 24.3 Å². The summed E-state index contributed by atoms with van der Waals surface area (Å²) < 4.78 is 18.2. The molecule has 0 saturated carbocycles. The third kappa shape index (κ3) is 4.13. The van der Waals surface area contributed by atoms with Gasteiger partial charge in [0.05, 0.1) is 5.60 Å². The summed E-state index contributed by atoms with van der Waals surface area (Å²) >= 11 is 0. The average Bonchev–Trinajstić information content (AvgIpc) is 2.36. The first kappa shape index (κ1) is 15.8. The first-order valence-corrected chi connectivity index (χ1v) is 6.53. The quantitative estimate of drug-likeness (QED) is 0.781. The summed E-state index contributed by atoms with van der Waals surface area (Å²) in [7, 11) is 1.65. The summed E-state index contributed by atoms with van der Waals surface area (Å²) in [5.41, 5.74) is -0.0550. The fraction of sp³-hybridized carbons (Fsp3) is 0.562. The maximum Gasteiger partial charge on any atom is 0.142 e. The van der Waals surface area contributed by atoms with Gasteiger partial charge in [0.1, 0.15) is 11.6 Å². The molecular formula is C16H23FO2. The molecule has 1 rings (SSSR count). The molecule has 0 aliphatic heterocycles. The lowest BCUT2D eigenvalue weighted by atomic mass is 9.78. The molecule has 0 unspecified atom stereocenters. The molecule has 1 aromatic carbocycles. The topological polar surface area (TPSA) is 26.3 Å². The molecule has 0 radical (unpaired) electrons. The van der Waals surface area contributed by atoms with Crippen LogP contribution >= 0.6 is 0 Å². The van der Waals surface area contributed by atoms with Gasteiger partial charge >= 0.3 is 0 Å². The number of ketones is 1. The Morgan fingerprint density at radius 1 is 1.16 bits per heavy atom. The third-order valence-corrected chi connectivity index (χ3v) is 3.77. The van der Waals surface area contributed by atoms with Crippen LogP contribution in [-0.4, -0.2) is 18.5 Å². The van der Waals surface area contributed by atoms with Gasteiger partial charge in [0.2, 0.25) is 0 Å². The highest BCUT2D eigenvalue weighted by Gasteiger charge is 2.30. The maximum absolute atomic E-state index is 12.9. The van der Waals surface area contributed by atoms with Gasteiger partial charge < -0.3 is 4.74 Å². The van der Waals surface area contributed by atoms with E-state index in [0.717, 1.165) is 5.56 Å². The van der Waals surface area contributed by atoms with Crippen LogP contribution in [0.2, 0.25) is 0 Å². The zero-order valence-electron chi connectivity index (χ0n) is 12.4. The summed E-state index contributed by atoms with van der Waals surface area (Å²) in [6.07, 6.45) is 1.12. The van der Waals surface area contributed by atoms with Crippen molar-refractivity contribution in [3.63, 3.8) is 0 Å². The zero-order chi connectivity index (χ0) is 14.7. The minimum atomic E-state index is -0.600. The highest BCUT2D eigenvalue weighted by Crippen LogP contribution is 2.28. The number of hydrogen-bond acceptors (Lipinski definition) is 2. The second-order valence-electron chi connectivity index (χ2n) is 6.02. The number of halogens is 1. The Hall–Kier alpha value is -1.22. The summed E-state index contributed by atoms with van der Waals surface area (Å²) in [5, 5.41) is 0. The van der Waals surface area contributed by atoms with Gasteiger partial charge in [-0.25, -0.2) is 4.39 Å². The third-order valence-electron chi connectivity index (χ3n) is 3.77. The molecule has 0 atom stereocenters. The number of methoxy groups -OCH3 is 1. The van der Waals surface area contributed by atoms with Crippen LogP contribution in [0.25, 0.3) is 0 Å². The Morgan fingerprint density at radius 3 is 2.16 bits per heavy atom. The predicted octanol–water partition coefficient (Wildman–Crippen LogP) is 3.88. The SMILES string of the molecule is COC(C)(C)CCC(=O)C(C)(C)c1ccc(F)cc1. The van der Waals surface area contributed by atoms with E-state index < -0.39 is 5.41 Å². The number of carbonyl (C=O) groups excluding carboxylic acids is 1. The van der Waals surface area contributed by atoms with Gasteiger partial charge in [0, 0.05) is 18.9 Å². The zero-order valence-corrected chi connectivity index (χ0v) is 12.4. The van der Waals surface area contributed by atoms with Crippen LogP contribution in [0.5, 0.6) is 0 Å². The minimum absolute atomic E-state index is 0.143. The van der Waals surface area contributed by atoms with Crippen LogP contribution in [0.4, 0.5) is 4.39 Å². The van der Waals surface area contributed by atoms with Gasteiger partial charge in [-0.15, -0.1) is 0 Å². The Labute approximate surface area is 115 Å². The van der Waals surface area contributed by atoms with E-state index in [1.165, 1.54) is 12.1 Å². The number of benzene rings is 1. The number of rotatable bonds is 6. The number of hydrogen-bond donors (Lipinski definition) is 0. The first-order chi connectivity index (χ1) is 8.69. The van der Waals surface area contributed by atoms with Crippen molar-refractivity contribution in [1.29, 1.82) is 0 Å². The summed E-state index contributed by atoms with van der Waals surface area (Å²) in [6, 6.07) is 6.14. The standard InChI is InChI=1S/C16H23FO2/c1-15(2,19-5)11-10-14(18)16(3,4)12-6-8-13(17)9-7-12/h6-9H,10-11H2,1-5H3. The Balaban J connectivity index is 2.77. The van der Waals surface area contributed by atoms with Crippen LogP contribution in [-0.2, 0) is 14.9 Å². The van der Waals surface area contributed by atoms with Gasteiger partial charge in [-0.2, -0.15) is 0 Å². The monoisotopic (exact) mass is 266 g/mol. The van der Waals surface area contributed by atoms with Crippen molar-refractivity contribution < 1.29 is 13.9 Å². The summed E-state index contributed by atoms with van der Waals surface area (Å²) in [6.45, 7) is 7.68. The highest BCUT2D eigenvalue weighted by atomic mass is 19.1. The van der Waals surface area contributed by atoms with Crippen molar-refractivity contribution in [3.05, 3.63) is 35.6 Å². The largest absolute Gasteiger partial charge is 0.379 e. The minimum Gasteiger partial charge on any atom is -0.379 e. The number of ether oxygens (including phenoxy) is 1. The van der Waals surface area contributed by atoms with E-state index in [1.807, 2.05) is 27.7 Å². The lowest BCUT2D eigenvalue weighted by Gasteiger charge is -2.27. The fourth-order valence-electron chi connectivity index (χ4n) is 1.86. The lowest BCUT2D eigenvalue weighted by Crippen LogP contribution is -2.32. The molecule has 1 aromatic rings. The average molecular weight is 266 g/mol. The highest BCUT2D eigenvalue weighted by molar-refractivity contribution is 5.89. The summed E-state index contributed by atoms with van der Waals surface area (Å²) in [4.78, 5) is 12.4. The van der Waals surface area contributed by atoms with Crippen LogP contribution in [0.1, 0.15) is 46.1 Å². The molecule has 0 spiro atoms. The van der Waals surface area contributed by atoms with E-state index in [2.05, 4.69) is 0 Å². The van der Waals surface area contributed by atoms with E-state index >= 15 is 0 Å². The summed E-state index contributed by atoms with van der Waals surface area (Å²) in [5.74, 6) is -0.142. The molecule has 2 nitrogen and oxygen atoms in total. The number of carbonyl (C=O) groups is 1. The molecule has 0 N–H and O–H groups in total. The fourth-order valence-corrected chi connectivity index (χ4v) is 1.86. The molecule has 0 aliphatic rings. The molecule has 0 bridgehead atoms. The molecule has 0 aromatic heterocycles. The van der Waals surface area contributed by atoms with Crippen LogP contribution < -0.4 is 0 Å². The molecule has 0 amide bonds. The van der Waals surface area contributed by atoms with Crippen molar-refractivity contribution in [2.24, 2.45) is 0 Å². The second kappa shape index (κ2) is 5.83. The maximum atomic E-state index is 12.9. The molecule has 19 heavy (non-hydrogen) atoms. The molecule has 0 heterocycles. The Morgan fingerprint density at radius 2 is 1.68 bits per heavy atom. The molecular weight excluding hydrogens is 243 g/mol. The van der Waals surface area contributed by atoms with Crippen molar-refractivity contribution >= 4 is 5.78 Å². The predicted molar refractivity (Wildman–Crippen MR) is 74.8 cm³/mol. The van der Waals surface area contributed by atoms with E-state index in [-0.39, 0.29) is 17.2 Å². The van der Waals surface area contributed by atoms with Crippen molar-refractivity contribution in [1.82, 2.24) is 0 Å². The first-order valence-electron chi connectivity index (χ1n) is 6.53. The number of Topliss-reactive ketones (excluding diaryl/α,β-unsaturated/α-hetero) is 1. The smallest absolute Gasteiger partial charge is 0.142 e. The van der Waals surface area contributed by atoms with Crippen molar-refractivity contribution in [2.75, 3.05) is 7.11 Å².